The summed E-state index contributed by atoms with van der Waals surface area (Å²) in [5, 5.41) is 5.00. The van der Waals surface area contributed by atoms with Crippen molar-refractivity contribution in [3.05, 3.63) is 15.7 Å². The zero-order valence-corrected chi connectivity index (χ0v) is 14.0. The van der Waals surface area contributed by atoms with Crippen LogP contribution >= 0.6 is 22.9 Å². The maximum Gasteiger partial charge on any atom is 0.225 e. The van der Waals surface area contributed by atoms with Gasteiger partial charge in [0.1, 0.15) is 10.6 Å². The van der Waals surface area contributed by atoms with Gasteiger partial charge in [-0.25, -0.2) is 9.97 Å². The number of halogens is 1. The minimum absolute atomic E-state index is 0.0403. The van der Waals surface area contributed by atoms with E-state index in [1.54, 1.807) is 11.3 Å². The van der Waals surface area contributed by atoms with Crippen LogP contribution in [0, 0.1) is 5.92 Å². The van der Waals surface area contributed by atoms with Gasteiger partial charge in [-0.2, -0.15) is 0 Å². The smallest absolute Gasteiger partial charge is 0.225 e. The van der Waals surface area contributed by atoms with Gasteiger partial charge in [-0.15, -0.1) is 11.3 Å². The Morgan fingerprint density at radius 1 is 1.30 bits per heavy atom. The summed E-state index contributed by atoms with van der Waals surface area (Å²) in [5.41, 5.74) is 1.40. The number of aromatic nitrogens is 2. The summed E-state index contributed by atoms with van der Waals surface area (Å²) in [6.45, 7) is 8.72. The number of rotatable bonds is 1. The van der Waals surface area contributed by atoms with Gasteiger partial charge in [0.2, 0.25) is 5.28 Å². The summed E-state index contributed by atoms with van der Waals surface area (Å²) in [5.74, 6) is 1.65. The molecule has 1 aliphatic carbocycles. The molecule has 2 heterocycles. The molecule has 2 aromatic heterocycles. The normalized spacial score (nSPS) is 19.1. The number of nitrogens with one attached hydrogen (secondary N) is 1. The van der Waals surface area contributed by atoms with Crippen molar-refractivity contribution in [1.29, 1.82) is 0 Å². The quantitative estimate of drug-likeness (QED) is 0.777. The largest absolute Gasteiger partial charge is 0.365 e. The van der Waals surface area contributed by atoms with E-state index in [1.807, 2.05) is 0 Å². The van der Waals surface area contributed by atoms with Gasteiger partial charge in [-0.3, -0.25) is 0 Å². The molecule has 1 unspecified atom stereocenters. The molecule has 3 rings (SSSR count). The summed E-state index contributed by atoms with van der Waals surface area (Å²) < 4.78 is 0. The molecular formula is C15H20ClN3S. The van der Waals surface area contributed by atoms with Crippen LogP contribution in [0.1, 0.15) is 44.6 Å². The SMILES string of the molecule is CC1CCc2c(sc3nc(Cl)nc(NC(C)(C)C)c23)C1. The number of fused-ring (bicyclic) bond motifs is 3. The fraction of sp³-hybridized carbons (Fsp3) is 0.600. The summed E-state index contributed by atoms with van der Waals surface area (Å²) in [4.78, 5) is 11.4. The van der Waals surface area contributed by atoms with Crippen molar-refractivity contribution in [2.45, 2.75) is 52.5 Å². The molecule has 1 aliphatic rings. The Morgan fingerprint density at radius 2 is 2.05 bits per heavy atom. The lowest BCUT2D eigenvalue weighted by atomic mass is 9.89. The second-order valence-electron chi connectivity index (χ2n) is 6.75. The molecule has 2 aromatic rings. The predicted octanol–water partition coefficient (Wildman–Crippen LogP) is 4.68. The fourth-order valence-corrected chi connectivity index (χ4v) is 4.36. The van der Waals surface area contributed by atoms with E-state index in [9.17, 15) is 0 Å². The number of anilines is 1. The third-order valence-corrected chi connectivity index (χ3v) is 4.94. The van der Waals surface area contributed by atoms with Crippen LogP contribution < -0.4 is 5.32 Å². The maximum atomic E-state index is 6.09. The van der Waals surface area contributed by atoms with E-state index in [2.05, 4.69) is 43.0 Å². The van der Waals surface area contributed by atoms with E-state index in [4.69, 9.17) is 11.6 Å². The standard InChI is InChI=1S/C15H20ClN3S/c1-8-5-6-9-10(7-8)20-13-11(9)12(17-14(16)18-13)19-15(2,3)4/h8H,5-7H2,1-4H3,(H,17,18,19). The lowest BCUT2D eigenvalue weighted by Crippen LogP contribution is -2.27. The third-order valence-electron chi connectivity index (χ3n) is 3.62. The molecule has 3 nitrogen and oxygen atoms in total. The lowest BCUT2D eigenvalue weighted by Gasteiger charge is -2.23. The molecule has 0 saturated carbocycles. The van der Waals surface area contributed by atoms with Crippen molar-refractivity contribution < 1.29 is 0 Å². The Labute approximate surface area is 128 Å². The first-order chi connectivity index (χ1) is 9.33. The van der Waals surface area contributed by atoms with Gasteiger partial charge in [0.05, 0.1) is 5.39 Å². The Bertz CT molecular complexity index is 657. The summed E-state index contributed by atoms with van der Waals surface area (Å²) in [6, 6.07) is 0. The number of aryl methyl sites for hydroxylation is 1. The molecule has 108 valence electrons. The van der Waals surface area contributed by atoms with Gasteiger partial charge in [0, 0.05) is 10.4 Å². The second kappa shape index (κ2) is 4.85. The van der Waals surface area contributed by atoms with E-state index in [0.717, 1.165) is 29.4 Å². The highest BCUT2D eigenvalue weighted by Crippen LogP contribution is 2.40. The highest BCUT2D eigenvalue weighted by molar-refractivity contribution is 7.19. The second-order valence-corrected chi connectivity index (χ2v) is 8.17. The van der Waals surface area contributed by atoms with Gasteiger partial charge in [0.25, 0.3) is 0 Å². The van der Waals surface area contributed by atoms with Crippen LogP contribution in [-0.2, 0) is 12.8 Å². The zero-order valence-electron chi connectivity index (χ0n) is 12.4. The topological polar surface area (TPSA) is 37.8 Å². The van der Waals surface area contributed by atoms with E-state index in [0.29, 0.717) is 5.28 Å². The molecule has 0 aromatic carbocycles. The minimum Gasteiger partial charge on any atom is -0.365 e. The van der Waals surface area contributed by atoms with Crippen molar-refractivity contribution in [3.8, 4) is 0 Å². The van der Waals surface area contributed by atoms with Crippen molar-refractivity contribution in [2.75, 3.05) is 5.32 Å². The van der Waals surface area contributed by atoms with Crippen molar-refractivity contribution in [3.63, 3.8) is 0 Å². The van der Waals surface area contributed by atoms with E-state index in [-0.39, 0.29) is 5.54 Å². The summed E-state index contributed by atoms with van der Waals surface area (Å²) in [7, 11) is 0. The number of thiophene rings is 1. The van der Waals surface area contributed by atoms with E-state index < -0.39 is 0 Å². The van der Waals surface area contributed by atoms with Gasteiger partial charge in [-0.1, -0.05) is 6.92 Å². The van der Waals surface area contributed by atoms with E-state index in [1.165, 1.54) is 22.2 Å². The average Bonchev–Trinajstić information content (AvgIpc) is 2.63. The first-order valence-corrected chi connectivity index (χ1v) is 8.29. The molecule has 5 heteroatoms. The Hall–Kier alpha value is -0.870. The van der Waals surface area contributed by atoms with Crippen molar-refractivity contribution in [2.24, 2.45) is 5.92 Å². The van der Waals surface area contributed by atoms with Crippen LogP contribution in [0.4, 0.5) is 5.82 Å². The Morgan fingerprint density at radius 3 is 2.75 bits per heavy atom. The predicted molar refractivity (Wildman–Crippen MR) is 87.0 cm³/mol. The minimum atomic E-state index is -0.0403. The molecule has 0 bridgehead atoms. The number of nitrogens with zero attached hydrogens (tertiary/aromatic N) is 2. The lowest BCUT2D eigenvalue weighted by molar-refractivity contribution is 0.509. The number of hydrogen-bond acceptors (Lipinski definition) is 4. The first kappa shape index (κ1) is 14.1. The van der Waals surface area contributed by atoms with Crippen LogP contribution in [0.15, 0.2) is 0 Å². The molecular weight excluding hydrogens is 290 g/mol. The molecule has 1 atom stereocenters. The third kappa shape index (κ3) is 2.63. The number of hydrogen-bond donors (Lipinski definition) is 1. The van der Waals surface area contributed by atoms with Crippen LogP contribution in [-0.4, -0.2) is 15.5 Å². The molecule has 0 aliphatic heterocycles. The monoisotopic (exact) mass is 309 g/mol. The van der Waals surface area contributed by atoms with Crippen LogP contribution in [0.5, 0.6) is 0 Å². The van der Waals surface area contributed by atoms with E-state index >= 15 is 0 Å². The molecule has 0 amide bonds. The van der Waals surface area contributed by atoms with Gasteiger partial charge >= 0.3 is 0 Å². The molecule has 20 heavy (non-hydrogen) atoms. The first-order valence-electron chi connectivity index (χ1n) is 7.09. The summed E-state index contributed by atoms with van der Waals surface area (Å²) >= 11 is 7.87. The van der Waals surface area contributed by atoms with Gasteiger partial charge in [0.15, 0.2) is 0 Å². The van der Waals surface area contributed by atoms with Crippen LogP contribution in [0.3, 0.4) is 0 Å². The van der Waals surface area contributed by atoms with Crippen LogP contribution in [0.2, 0.25) is 5.28 Å². The molecule has 0 fully saturated rings. The molecule has 0 radical (unpaired) electrons. The van der Waals surface area contributed by atoms with Crippen molar-refractivity contribution in [1.82, 2.24) is 9.97 Å². The highest BCUT2D eigenvalue weighted by Gasteiger charge is 2.25. The van der Waals surface area contributed by atoms with Crippen molar-refractivity contribution >= 4 is 39.0 Å². The molecule has 1 N–H and O–H groups in total. The van der Waals surface area contributed by atoms with Crippen LogP contribution in [0.25, 0.3) is 10.2 Å². The fourth-order valence-electron chi connectivity index (χ4n) is 2.76. The summed E-state index contributed by atoms with van der Waals surface area (Å²) in [6.07, 6.45) is 3.53. The van der Waals surface area contributed by atoms with Gasteiger partial charge < -0.3 is 5.32 Å². The maximum absolute atomic E-state index is 6.09. The molecule has 0 saturated heterocycles. The molecule has 0 spiro atoms. The average molecular weight is 310 g/mol. The Kier molecular flexibility index (Phi) is 3.41. The van der Waals surface area contributed by atoms with Gasteiger partial charge in [-0.05, 0) is 63.1 Å². The zero-order chi connectivity index (χ0) is 14.5. The Balaban J connectivity index is 2.19. The highest BCUT2D eigenvalue weighted by atomic mass is 35.5.